The summed E-state index contributed by atoms with van der Waals surface area (Å²) in [5, 5.41) is 12.6. The zero-order chi connectivity index (χ0) is 16.1. The zero-order valence-corrected chi connectivity index (χ0v) is 11.5. The first-order chi connectivity index (χ1) is 10.5. The van der Waals surface area contributed by atoms with E-state index in [2.05, 4.69) is 10.3 Å². The largest absolute Gasteiger partial charge is 0.497 e. The summed E-state index contributed by atoms with van der Waals surface area (Å²) in [7, 11) is 1.50. The zero-order valence-electron chi connectivity index (χ0n) is 11.5. The number of ether oxygens (including phenoxy) is 1. The van der Waals surface area contributed by atoms with Gasteiger partial charge in [0.05, 0.1) is 12.7 Å². The van der Waals surface area contributed by atoms with Gasteiger partial charge in [-0.3, -0.25) is 14.9 Å². The number of aromatic nitrogens is 1. The normalized spacial score (nSPS) is 9.86. The Morgan fingerprint density at radius 3 is 2.18 bits per heavy atom. The number of imide groups is 1. The number of hydrogen-bond donors (Lipinski definition) is 1. The molecule has 1 heterocycles. The SMILES string of the molecule is COc1ccc(C(=O)NC(=O)c2ccc([N+](=O)[O-])nc2)cc1. The van der Waals surface area contributed by atoms with Crippen molar-refractivity contribution in [1.82, 2.24) is 10.3 Å². The number of amides is 2. The lowest BCUT2D eigenvalue weighted by atomic mass is 10.2. The van der Waals surface area contributed by atoms with Gasteiger partial charge >= 0.3 is 5.82 Å². The van der Waals surface area contributed by atoms with Crippen molar-refractivity contribution in [2.24, 2.45) is 0 Å². The molecule has 2 amide bonds. The lowest BCUT2D eigenvalue weighted by Crippen LogP contribution is -2.30. The Morgan fingerprint density at radius 1 is 1.09 bits per heavy atom. The molecule has 0 radical (unpaired) electrons. The first-order valence-corrected chi connectivity index (χ1v) is 6.11. The van der Waals surface area contributed by atoms with Crippen LogP contribution in [0.25, 0.3) is 0 Å². The second-order valence-electron chi connectivity index (χ2n) is 4.17. The summed E-state index contributed by atoms with van der Waals surface area (Å²) in [6, 6.07) is 8.51. The first kappa shape index (κ1) is 15.1. The van der Waals surface area contributed by atoms with Gasteiger partial charge in [0.15, 0.2) is 6.20 Å². The molecule has 22 heavy (non-hydrogen) atoms. The Morgan fingerprint density at radius 2 is 1.68 bits per heavy atom. The summed E-state index contributed by atoms with van der Waals surface area (Å²) in [6.07, 6.45) is 1.04. The van der Waals surface area contributed by atoms with Crippen LogP contribution in [0, 0.1) is 10.1 Å². The minimum absolute atomic E-state index is 0.0486. The van der Waals surface area contributed by atoms with Gasteiger partial charge < -0.3 is 14.9 Å². The molecule has 0 spiro atoms. The van der Waals surface area contributed by atoms with Crippen molar-refractivity contribution in [3.63, 3.8) is 0 Å². The molecule has 0 fully saturated rings. The number of hydrogen-bond acceptors (Lipinski definition) is 6. The number of pyridine rings is 1. The van der Waals surface area contributed by atoms with E-state index in [1.54, 1.807) is 12.1 Å². The molecule has 0 saturated carbocycles. The van der Waals surface area contributed by atoms with Gasteiger partial charge in [0.1, 0.15) is 5.75 Å². The Kier molecular flexibility index (Phi) is 4.42. The lowest BCUT2D eigenvalue weighted by molar-refractivity contribution is -0.389. The molecule has 1 aromatic heterocycles. The molecule has 2 aromatic rings. The van der Waals surface area contributed by atoms with E-state index in [1.807, 2.05) is 0 Å². The third-order valence-electron chi connectivity index (χ3n) is 2.78. The molecule has 0 bridgehead atoms. The van der Waals surface area contributed by atoms with Gasteiger partial charge in [-0.25, -0.2) is 0 Å². The number of nitro groups is 1. The highest BCUT2D eigenvalue weighted by molar-refractivity contribution is 6.10. The molecular formula is C14H11N3O5. The summed E-state index contributed by atoms with van der Waals surface area (Å²) >= 11 is 0. The fraction of sp³-hybridized carbons (Fsp3) is 0.0714. The van der Waals surface area contributed by atoms with Crippen LogP contribution in [-0.4, -0.2) is 28.8 Å². The molecule has 1 aromatic carbocycles. The van der Waals surface area contributed by atoms with Gasteiger partial charge in [-0.2, -0.15) is 0 Å². The molecular weight excluding hydrogens is 290 g/mol. The van der Waals surface area contributed by atoms with Gasteiger partial charge in [0, 0.05) is 11.6 Å². The van der Waals surface area contributed by atoms with Gasteiger partial charge in [0.25, 0.3) is 11.8 Å². The summed E-state index contributed by atoms with van der Waals surface area (Å²) < 4.78 is 4.97. The van der Waals surface area contributed by atoms with Crippen LogP contribution < -0.4 is 10.1 Å². The molecule has 112 valence electrons. The van der Waals surface area contributed by atoms with Gasteiger partial charge in [-0.05, 0) is 40.2 Å². The van der Waals surface area contributed by atoms with Crippen molar-refractivity contribution < 1.29 is 19.2 Å². The fourth-order valence-corrected chi connectivity index (χ4v) is 1.62. The number of rotatable bonds is 4. The van der Waals surface area contributed by atoms with Crippen molar-refractivity contribution in [3.05, 3.63) is 63.8 Å². The monoisotopic (exact) mass is 301 g/mol. The average Bonchev–Trinajstić information content (AvgIpc) is 2.54. The molecule has 2 rings (SSSR count). The van der Waals surface area contributed by atoms with Crippen LogP contribution in [0.5, 0.6) is 5.75 Å². The number of carbonyl (C=O) groups is 2. The quantitative estimate of drug-likeness (QED) is 0.521. The Hall–Kier alpha value is -3.29. The summed E-state index contributed by atoms with van der Waals surface area (Å²) in [4.78, 5) is 37.1. The van der Waals surface area contributed by atoms with Gasteiger partial charge in [0.2, 0.25) is 0 Å². The van der Waals surface area contributed by atoms with Crippen molar-refractivity contribution >= 4 is 17.6 Å². The first-order valence-electron chi connectivity index (χ1n) is 6.11. The van der Waals surface area contributed by atoms with Crippen molar-refractivity contribution in [2.75, 3.05) is 7.11 Å². The maximum atomic E-state index is 11.9. The maximum absolute atomic E-state index is 11.9. The minimum atomic E-state index is -0.691. The topological polar surface area (TPSA) is 111 Å². The van der Waals surface area contributed by atoms with Crippen LogP contribution in [0.1, 0.15) is 20.7 Å². The van der Waals surface area contributed by atoms with Crippen LogP contribution in [0.3, 0.4) is 0 Å². The number of methoxy groups -OCH3 is 1. The van der Waals surface area contributed by atoms with E-state index in [0.29, 0.717) is 5.75 Å². The number of nitrogens with one attached hydrogen (secondary N) is 1. The smallest absolute Gasteiger partial charge is 0.363 e. The highest BCUT2D eigenvalue weighted by Gasteiger charge is 2.15. The molecule has 0 aliphatic heterocycles. The second kappa shape index (κ2) is 6.44. The maximum Gasteiger partial charge on any atom is 0.363 e. The number of benzene rings is 1. The Labute approximate surface area is 124 Å². The summed E-state index contributed by atoms with van der Waals surface area (Å²) in [5.41, 5.74) is 0.330. The van der Waals surface area contributed by atoms with E-state index in [4.69, 9.17) is 4.74 Å². The minimum Gasteiger partial charge on any atom is -0.497 e. The van der Waals surface area contributed by atoms with Crippen LogP contribution in [0.15, 0.2) is 42.6 Å². The Balaban J connectivity index is 2.06. The Bertz CT molecular complexity index is 710. The van der Waals surface area contributed by atoms with Gasteiger partial charge in [-0.15, -0.1) is 0 Å². The summed E-state index contributed by atoms with van der Waals surface area (Å²) in [6.45, 7) is 0. The molecule has 0 saturated heterocycles. The highest BCUT2D eigenvalue weighted by Crippen LogP contribution is 2.12. The average molecular weight is 301 g/mol. The molecule has 0 atom stereocenters. The van der Waals surface area contributed by atoms with E-state index in [1.165, 1.54) is 25.3 Å². The third-order valence-corrected chi connectivity index (χ3v) is 2.78. The molecule has 8 heteroatoms. The third kappa shape index (κ3) is 3.42. The lowest BCUT2D eigenvalue weighted by Gasteiger charge is -2.04. The highest BCUT2D eigenvalue weighted by atomic mass is 16.6. The van der Waals surface area contributed by atoms with Crippen LogP contribution in [0.4, 0.5) is 5.82 Å². The molecule has 0 aliphatic carbocycles. The standard InChI is InChI=1S/C14H11N3O5/c1-22-11-5-2-9(3-6-11)13(18)16-14(19)10-4-7-12(15-8-10)17(20)21/h2-8H,1H3,(H,16,18,19). The molecule has 8 nitrogen and oxygen atoms in total. The van der Waals surface area contributed by atoms with E-state index in [0.717, 1.165) is 12.3 Å². The predicted octanol–water partition coefficient (Wildman–Crippen LogP) is 1.57. The number of nitrogens with zero attached hydrogens (tertiary/aromatic N) is 2. The van der Waals surface area contributed by atoms with Crippen LogP contribution in [-0.2, 0) is 0 Å². The number of carbonyl (C=O) groups excluding carboxylic acids is 2. The van der Waals surface area contributed by atoms with E-state index < -0.39 is 16.7 Å². The molecule has 0 aliphatic rings. The van der Waals surface area contributed by atoms with E-state index in [-0.39, 0.29) is 16.9 Å². The van der Waals surface area contributed by atoms with Crippen molar-refractivity contribution in [1.29, 1.82) is 0 Å². The predicted molar refractivity (Wildman–Crippen MR) is 75.7 cm³/mol. The van der Waals surface area contributed by atoms with Crippen molar-refractivity contribution in [3.8, 4) is 5.75 Å². The summed E-state index contributed by atoms with van der Waals surface area (Å²) in [5.74, 6) is -1.07. The van der Waals surface area contributed by atoms with E-state index in [9.17, 15) is 19.7 Å². The van der Waals surface area contributed by atoms with Crippen LogP contribution in [0.2, 0.25) is 0 Å². The van der Waals surface area contributed by atoms with Gasteiger partial charge in [-0.1, -0.05) is 0 Å². The molecule has 0 unspecified atom stereocenters. The van der Waals surface area contributed by atoms with E-state index >= 15 is 0 Å². The second-order valence-corrected chi connectivity index (χ2v) is 4.17. The van der Waals surface area contributed by atoms with Crippen molar-refractivity contribution in [2.45, 2.75) is 0 Å². The molecule has 1 N–H and O–H groups in total. The van der Waals surface area contributed by atoms with Crippen LogP contribution >= 0.6 is 0 Å². The fourth-order valence-electron chi connectivity index (χ4n) is 1.62.